The van der Waals surface area contributed by atoms with Crippen LogP contribution in [0.2, 0.25) is 0 Å². The summed E-state index contributed by atoms with van der Waals surface area (Å²) >= 11 is 0. The molecule has 8 nitrogen and oxygen atoms in total. The van der Waals surface area contributed by atoms with E-state index in [9.17, 15) is 13.2 Å². The lowest BCUT2D eigenvalue weighted by Crippen LogP contribution is -2.36. The van der Waals surface area contributed by atoms with Gasteiger partial charge in [0.1, 0.15) is 4.90 Å². The molecule has 0 aliphatic rings. The lowest BCUT2D eigenvalue weighted by Gasteiger charge is -2.17. The molecule has 0 amide bonds. The van der Waals surface area contributed by atoms with E-state index in [4.69, 9.17) is 14.9 Å². The molecule has 0 aliphatic carbocycles. The topological polar surface area (TPSA) is 125 Å². The van der Waals surface area contributed by atoms with E-state index >= 15 is 0 Å². The Morgan fingerprint density at radius 2 is 2.09 bits per heavy atom. The molecule has 1 unspecified atom stereocenters. The lowest BCUT2D eigenvalue weighted by atomic mass is 10.2. The van der Waals surface area contributed by atoms with Crippen molar-refractivity contribution in [3.63, 3.8) is 0 Å². The highest BCUT2D eigenvalue weighted by Gasteiger charge is 2.22. The van der Waals surface area contributed by atoms with Crippen LogP contribution in [0.25, 0.3) is 0 Å². The zero-order valence-corrected chi connectivity index (χ0v) is 13.9. The number of rotatable bonds is 10. The largest absolute Gasteiger partial charge is 0.478 e. The summed E-state index contributed by atoms with van der Waals surface area (Å²) in [5.74, 6) is -1.21. The number of anilines is 1. The van der Waals surface area contributed by atoms with Gasteiger partial charge in [-0.15, -0.1) is 0 Å². The first-order valence-corrected chi connectivity index (χ1v) is 8.53. The van der Waals surface area contributed by atoms with Gasteiger partial charge in [0, 0.05) is 26.3 Å². The number of carboxylic acid groups (broad SMARTS) is 1. The Labute approximate surface area is 135 Å². The number of benzene rings is 1. The molecule has 0 heterocycles. The van der Waals surface area contributed by atoms with Crippen molar-refractivity contribution in [3.05, 3.63) is 23.8 Å². The van der Waals surface area contributed by atoms with Gasteiger partial charge in [0.25, 0.3) is 0 Å². The Morgan fingerprint density at radius 1 is 1.39 bits per heavy atom. The number of nitrogens with one attached hydrogen (secondary N) is 2. The van der Waals surface area contributed by atoms with Gasteiger partial charge in [-0.1, -0.05) is 0 Å². The van der Waals surface area contributed by atoms with Crippen molar-refractivity contribution >= 4 is 21.7 Å². The summed E-state index contributed by atoms with van der Waals surface area (Å²) in [5, 5.41) is 20.8. The van der Waals surface area contributed by atoms with E-state index in [1.165, 1.54) is 19.2 Å². The van der Waals surface area contributed by atoms with E-state index in [0.29, 0.717) is 13.0 Å². The second-order valence-electron chi connectivity index (χ2n) is 5.00. The molecule has 1 atom stereocenters. The van der Waals surface area contributed by atoms with Crippen LogP contribution in [0.3, 0.4) is 0 Å². The number of hydrogen-bond donors (Lipinski definition) is 4. The Bertz CT molecular complexity index is 632. The normalized spacial score (nSPS) is 12.8. The van der Waals surface area contributed by atoms with Crippen LogP contribution in [-0.2, 0) is 14.8 Å². The Balaban J connectivity index is 3.16. The van der Waals surface area contributed by atoms with Gasteiger partial charge in [-0.2, -0.15) is 0 Å². The first kappa shape index (κ1) is 19.4. The lowest BCUT2D eigenvalue weighted by molar-refractivity contribution is 0.0696. The van der Waals surface area contributed by atoms with Crippen LogP contribution in [0.15, 0.2) is 23.1 Å². The molecule has 1 aromatic rings. The van der Waals surface area contributed by atoms with Crippen LogP contribution in [0.4, 0.5) is 5.69 Å². The third-order valence-electron chi connectivity index (χ3n) is 2.94. The van der Waals surface area contributed by atoms with Crippen molar-refractivity contribution in [2.75, 3.05) is 32.2 Å². The fourth-order valence-electron chi connectivity index (χ4n) is 1.94. The Kier molecular flexibility index (Phi) is 7.43. The third-order valence-corrected chi connectivity index (χ3v) is 4.57. The van der Waals surface area contributed by atoms with E-state index in [1.54, 1.807) is 6.92 Å². The second-order valence-corrected chi connectivity index (χ2v) is 6.68. The van der Waals surface area contributed by atoms with Gasteiger partial charge >= 0.3 is 5.97 Å². The van der Waals surface area contributed by atoms with Crippen molar-refractivity contribution in [2.24, 2.45) is 0 Å². The summed E-state index contributed by atoms with van der Waals surface area (Å²) in [5.41, 5.74) is 0.151. The highest BCUT2D eigenvalue weighted by Crippen LogP contribution is 2.23. The fourth-order valence-corrected chi connectivity index (χ4v) is 3.37. The van der Waals surface area contributed by atoms with Crippen LogP contribution < -0.4 is 10.0 Å². The monoisotopic (exact) mass is 346 g/mol. The van der Waals surface area contributed by atoms with Gasteiger partial charge in [0.15, 0.2) is 0 Å². The van der Waals surface area contributed by atoms with E-state index in [1.807, 2.05) is 0 Å². The number of ether oxygens (including phenoxy) is 1. The zero-order chi connectivity index (χ0) is 17.5. The van der Waals surface area contributed by atoms with Crippen LogP contribution in [0, 0.1) is 0 Å². The number of aromatic carboxylic acids is 1. The number of carbonyl (C=O) groups is 1. The van der Waals surface area contributed by atoms with Gasteiger partial charge in [-0.3, -0.25) is 0 Å². The molecular formula is C14H22N2O6S. The molecule has 23 heavy (non-hydrogen) atoms. The zero-order valence-electron chi connectivity index (χ0n) is 13.1. The summed E-state index contributed by atoms with van der Waals surface area (Å²) in [6.45, 7) is 2.15. The van der Waals surface area contributed by atoms with E-state index in [2.05, 4.69) is 10.0 Å². The molecule has 1 rings (SSSR count). The number of methoxy groups -OCH3 is 1. The molecular weight excluding hydrogens is 324 g/mol. The first-order valence-electron chi connectivity index (χ1n) is 7.05. The number of sulfonamides is 1. The Morgan fingerprint density at radius 3 is 2.65 bits per heavy atom. The van der Waals surface area contributed by atoms with Crippen molar-refractivity contribution in [3.8, 4) is 0 Å². The highest BCUT2D eigenvalue weighted by atomic mass is 32.2. The predicted molar refractivity (Wildman–Crippen MR) is 85.3 cm³/mol. The van der Waals surface area contributed by atoms with Crippen LogP contribution in [-0.4, -0.2) is 57.5 Å². The molecule has 0 fully saturated rings. The molecule has 1 aromatic carbocycles. The molecule has 0 saturated carbocycles. The highest BCUT2D eigenvalue weighted by molar-refractivity contribution is 7.89. The molecule has 0 saturated heterocycles. The average molecular weight is 346 g/mol. The summed E-state index contributed by atoms with van der Waals surface area (Å²) in [7, 11) is -2.47. The maximum absolute atomic E-state index is 12.5. The quantitative estimate of drug-likeness (QED) is 0.454. The standard InChI is InChI=1S/C14H22N2O6S/c1-10(9-22-2)16-23(20,21)13-8-11(14(18)19)4-5-12(13)15-6-3-7-17/h4-5,8,10,15-17H,3,6-7,9H2,1-2H3,(H,18,19). The number of aliphatic hydroxyl groups is 1. The van der Waals surface area contributed by atoms with Gasteiger partial charge in [0.05, 0.1) is 17.9 Å². The molecule has 0 aliphatic heterocycles. The van der Waals surface area contributed by atoms with Gasteiger partial charge < -0.3 is 20.3 Å². The summed E-state index contributed by atoms with van der Waals surface area (Å²) in [6, 6.07) is 3.35. The van der Waals surface area contributed by atoms with E-state index < -0.39 is 22.0 Å². The molecule has 0 aromatic heterocycles. The van der Waals surface area contributed by atoms with Gasteiger partial charge in [0.2, 0.25) is 10.0 Å². The number of aliphatic hydroxyl groups excluding tert-OH is 1. The Hall–Kier alpha value is -1.68. The molecule has 9 heteroatoms. The van der Waals surface area contributed by atoms with Crippen molar-refractivity contribution in [2.45, 2.75) is 24.3 Å². The maximum atomic E-state index is 12.5. The predicted octanol–water partition coefficient (Wildman–Crippen LogP) is 0.492. The van der Waals surface area contributed by atoms with E-state index in [-0.39, 0.29) is 29.4 Å². The SMILES string of the molecule is COCC(C)NS(=O)(=O)c1cc(C(=O)O)ccc1NCCCO. The molecule has 0 radical (unpaired) electrons. The van der Waals surface area contributed by atoms with Crippen LogP contribution in [0.5, 0.6) is 0 Å². The van der Waals surface area contributed by atoms with Crippen molar-refractivity contribution < 1.29 is 28.2 Å². The fraction of sp³-hybridized carbons (Fsp3) is 0.500. The average Bonchev–Trinajstić information content (AvgIpc) is 2.47. The molecule has 4 N–H and O–H groups in total. The van der Waals surface area contributed by atoms with Crippen molar-refractivity contribution in [1.82, 2.24) is 4.72 Å². The van der Waals surface area contributed by atoms with Crippen molar-refractivity contribution in [1.29, 1.82) is 0 Å². The van der Waals surface area contributed by atoms with E-state index in [0.717, 1.165) is 6.07 Å². The first-order chi connectivity index (χ1) is 10.8. The van der Waals surface area contributed by atoms with Crippen LogP contribution >= 0.6 is 0 Å². The summed E-state index contributed by atoms with van der Waals surface area (Å²) < 4.78 is 32.3. The summed E-state index contributed by atoms with van der Waals surface area (Å²) in [4.78, 5) is 10.9. The van der Waals surface area contributed by atoms with Crippen LogP contribution in [0.1, 0.15) is 23.7 Å². The minimum absolute atomic E-state index is 0.0363. The minimum Gasteiger partial charge on any atom is -0.478 e. The summed E-state index contributed by atoms with van der Waals surface area (Å²) in [6.07, 6.45) is 0.438. The second kappa shape index (κ2) is 8.82. The van der Waals surface area contributed by atoms with Gasteiger partial charge in [-0.05, 0) is 31.5 Å². The minimum atomic E-state index is -3.92. The number of carboxylic acids is 1. The number of hydrogen-bond acceptors (Lipinski definition) is 6. The molecule has 0 bridgehead atoms. The molecule has 130 valence electrons. The molecule has 0 spiro atoms. The maximum Gasteiger partial charge on any atom is 0.335 e. The smallest absolute Gasteiger partial charge is 0.335 e. The third kappa shape index (κ3) is 5.79. The van der Waals surface area contributed by atoms with Gasteiger partial charge in [-0.25, -0.2) is 17.9 Å².